The van der Waals surface area contributed by atoms with Crippen molar-refractivity contribution in [2.24, 2.45) is 0 Å². The van der Waals surface area contributed by atoms with Gasteiger partial charge >= 0.3 is 0 Å². The second kappa shape index (κ2) is 7.93. The molecule has 1 atom stereocenters. The fourth-order valence-corrected chi connectivity index (χ4v) is 2.89. The molecule has 0 bridgehead atoms. The Morgan fingerprint density at radius 3 is 3.10 bits per heavy atom. The lowest BCUT2D eigenvalue weighted by molar-refractivity contribution is 0.190. The van der Waals surface area contributed by atoms with Crippen LogP contribution in [0.5, 0.6) is 0 Å². The molecular formula is C15H22ClFN2O. The maximum absolute atomic E-state index is 13.8. The first-order chi connectivity index (χ1) is 9.72. The summed E-state index contributed by atoms with van der Waals surface area (Å²) in [7, 11) is 1.70. The lowest BCUT2D eigenvalue weighted by Gasteiger charge is -2.25. The molecule has 1 aromatic carbocycles. The van der Waals surface area contributed by atoms with Crippen molar-refractivity contribution >= 4 is 11.6 Å². The average molecular weight is 301 g/mol. The summed E-state index contributed by atoms with van der Waals surface area (Å²) in [4.78, 5) is 2.31. The predicted octanol–water partition coefficient (Wildman–Crippen LogP) is 2.68. The van der Waals surface area contributed by atoms with E-state index in [-0.39, 0.29) is 5.82 Å². The van der Waals surface area contributed by atoms with Crippen molar-refractivity contribution in [3.8, 4) is 0 Å². The van der Waals surface area contributed by atoms with E-state index in [1.807, 2.05) is 0 Å². The van der Waals surface area contributed by atoms with Crippen LogP contribution >= 0.6 is 11.6 Å². The van der Waals surface area contributed by atoms with E-state index in [2.05, 4.69) is 10.2 Å². The normalized spacial score (nSPS) is 19.6. The van der Waals surface area contributed by atoms with E-state index >= 15 is 0 Å². The zero-order valence-electron chi connectivity index (χ0n) is 11.9. The topological polar surface area (TPSA) is 24.5 Å². The van der Waals surface area contributed by atoms with Crippen molar-refractivity contribution in [2.75, 3.05) is 33.4 Å². The number of benzene rings is 1. The summed E-state index contributed by atoms with van der Waals surface area (Å²) in [6.45, 7) is 4.06. The van der Waals surface area contributed by atoms with E-state index in [9.17, 15) is 4.39 Å². The Kier molecular flexibility index (Phi) is 6.23. The minimum Gasteiger partial charge on any atom is -0.383 e. The van der Waals surface area contributed by atoms with Gasteiger partial charge in [-0.1, -0.05) is 17.7 Å². The number of nitrogens with zero attached hydrogens (tertiary/aromatic N) is 1. The number of halogens is 2. The number of hydrogen-bond donors (Lipinski definition) is 1. The van der Waals surface area contributed by atoms with Crippen LogP contribution in [0, 0.1) is 5.82 Å². The predicted molar refractivity (Wildman–Crippen MR) is 79.6 cm³/mol. The number of likely N-dealkylation sites (tertiary alicyclic amines) is 1. The number of ether oxygens (including phenoxy) is 1. The monoisotopic (exact) mass is 300 g/mol. The fourth-order valence-electron chi connectivity index (χ4n) is 2.66. The summed E-state index contributed by atoms with van der Waals surface area (Å²) < 4.78 is 18.9. The van der Waals surface area contributed by atoms with Gasteiger partial charge < -0.3 is 10.1 Å². The molecule has 0 amide bonds. The van der Waals surface area contributed by atoms with Crippen molar-refractivity contribution in [3.63, 3.8) is 0 Å². The number of nitrogens with one attached hydrogen (secondary N) is 1. The van der Waals surface area contributed by atoms with Gasteiger partial charge in [-0.3, -0.25) is 4.90 Å². The Morgan fingerprint density at radius 2 is 2.35 bits per heavy atom. The Balaban J connectivity index is 1.90. The van der Waals surface area contributed by atoms with Crippen LogP contribution in [0.3, 0.4) is 0 Å². The van der Waals surface area contributed by atoms with Crippen LogP contribution in [0.2, 0.25) is 5.02 Å². The molecule has 1 N–H and O–H groups in total. The molecule has 3 nitrogen and oxygen atoms in total. The van der Waals surface area contributed by atoms with Crippen molar-refractivity contribution in [1.29, 1.82) is 0 Å². The van der Waals surface area contributed by atoms with Crippen LogP contribution in [-0.4, -0.2) is 44.3 Å². The van der Waals surface area contributed by atoms with E-state index in [0.717, 1.165) is 32.5 Å². The van der Waals surface area contributed by atoms with Gasteiger partial charge in [-0.05, 0) is 31.5 Å². The highest BCUT2D eigenvalue weighted by Crippen LogP contribution is 2.25. The highest BCUT2D eigenvalue weighted by Gasteiger charge is 2.25. The summed E-state index contributed by atoms with van der Waals surface area (Å²) in [6, 6.07) is 5.32. The molecule has 1 unspecified atom stereocenters. The maximum atomic E-state index is 13.8. The van der Waals surface area contributed by atoms with Crippen LogP contribution in [0.4, 0.5) is 4.39 Å². The minimum atomic E-state index is -0.213. The number of rotatable bonds is 7. The molecule has 0 saturated carbocycles. The average Bonchev–Trinajstić information content (AvgIpc) is 2.87. The van der Waals surface area contributed by atoms with Crippen LogP contribution in [0.1, 0.15) is 18.4 Å². The van der Waals surface area contributed by atoms with Crippen LogP contribution < -0.4 is 5.32 Å². The fraction of sp³-hybridized carbons (Fsp3) is 0.600. The summed E-state index contributed by atoms with van der Waals surface area (Å²) in [5, 5.41) is 3.90. The second-order valence-electron chi connectivity index (χ2n) is 5.16. The Labute approximate surface area is 125 Å². The molecule has 112 valence electrons. The van der Waals surface area contributed by atoms with Gasteiger partial charge in [0.05, 0.1) is 6.61 Å². The molecule has 1 heterocycles. The zero-order valence-corrected chi connectivity index (χ0v) is 12.6. The van der Waals surface area contributed by atoms with Crippen LogP contribution in [0.15, 0.2) is 18.2 Å². The van der Waals surface area contributed by atoms with Crippen molar-refractivity contribution in [2.45, 2.75) is 25.4 Å². The zero-order chi connectivity index (χ0) is 14.4. The minimum absolute atomic E-state index is 0.213. The molecular weight excluding hydrogens is 279 g/mol. The molecule has 0 aliphatic carbocycles. The van der Waals surface area contributed by atoms with Gasteiger partial charge in [0, 0.05) is 43.4 Å². The third-order valence-corrected chi connectivity index (χ3v) is 4.14. The lowest BCUT2D eigenvalue weighted by Crippen LogP contribution is -2.38. The molecule has 2 rings (SSSR count). The first-order valence-corrected chi connectivity index (χ1v) is 7.46. The quantitative estimate of drug-likeness (QED) is 0.784. The molecule has 1 saturated heterocycles. The molecule has 1 aliphatic rings. The molecule has 1 aliphatic heterocycles. The van der Waals surface area contributed by atoms with Gasteiger partial charge in [0.1, 0.15) is 5.82 Å². The Morgan fingerprint density at radius 1 is 1.50 bits per heavy atom. The summed E-state index contributed by atoms with van der Waals surface area (Å²) in [5.74, 6) is -0.213. The van der Waals surface area contributed by atoms with E-state index in [1.165, 1.54) is 6.07 Å². The Hall–Kier alpha value is -0.680. The van der Waals surface area contributed by atoms with Gasteiger partial charge in [0.25, 0.3) is 0 Å². The molecule has 0 spiro atoms. The van der Waals surface area contributed by atoms with Gasteiger partial charge in [-0.2, -0.15) is 0 Å². The van der Waals surface area contributed by atoms with E-state index in [1.54, 1.807) is 19.2 Å². The summed E-state index contributed by atoms with van der Waals surface area (Å²) in [6.07, 6.45) is 2.30. The van der Waals surface area contributed by atoms with Crippen molar-refractivity contribution in [3.05, 3.63) is 34.6 Å². The third-order valence-electron chi connectivity index (χ3n) is 3.78. The SMILES string of the molecule is COCCNCC1CCCN1Cc1c(F)cccc1Cl. The smallest absolute Gasteiger partial charge is 0.129 e. The van der Waals surface area contributed by atoms with Gasteiger partial charge in [0.2, 0.25) is 0 Å². The van der Waals surface area contributed by atoms with Crippen molar-refractivity contribution in [1.82, 2.24) is 10.2 Å². The van der Waals surface area contributed by atoms with Gasteiger partial charge in [0.15, 0.2) is 0 Å². The largest absolute Gasteiger partial charge is 0.383 e. The molecule has 1 aromatic rings. The number of hydrogen-bond acceptors (Lipinski definition) is 3. The van der Waals surface area contributed by atoms with Gasteiger partial charge in [-0.15, -0.1) is 0 Å². The number of methoxy groups -OCH3 is 1. The molecule has 1 fully saturated rings. The first-order valence-electron chi connectivity index (χ1n) is 7.09. The lowest BCUT2D eigenvalue weighted by atomic mass is 10.1. The van der Waals surface area contributed by atoms with E-state index < -0.39 is 0 Å². The second-order valence-corrected chi connectivity index (χ2v) is 5.57. The van der Waals surface area contributed by atoms with Crippen molar-refractivity contribution < 1.29 is 9.13 Å². The highest BCUT2D eigenvalue weighted by molar-refractivity contribution is 6.31. The molecule has 20 heavy (non-hydrogen) atoms. The molecule has 5 heteroatoms. The van der Waals surface area contributed by atoms with E-state index in [4.69, 9.17) is 16.3 Å². The van der Waals surface area contributed by atoms with Gasteiger partial charge in [-0.25, -0.2) is 4.39 Å². The standard InChI is InChI=1S/C15H22ClFN2O/c1-20-9-7-18-10-12-4-3-8-19(12)11-13-14(16)5-2-6-15(13)17/h2,5-6,12,18H,3-4,7-11H2,1H3. The summed E-state index contributed by atoms with van der Waals surface area (Å²) >= 11 is 6.10. The highest BCUT2D eigenvalue weighted by atomic mass is 35.5. The third kappa shape index (κ3) is 4.16. The molecule has 0 radical (unpaired) electrons. The summed E-state index contributed by atoms with van der Waals surface area (Å²) in [5.41, 5.74) is 0.609. The maximum Gasteiger partial charge on any atom is 0.129 e. The van der Waals surface area contributed by atoms with E-state index in [0.29, 0.717) is 29.8 Å². The van der Waals surface area contributed by atoms with Crippen LogP contribution in [0.25, 0.3) is 0 Å². The first kappa shape index (κ1) is 15.7. The molecule has 0 aromatic heterocycles. The Bertz CT molecular complexity index is 410. The van der Waals surface area contributed by atoms with Crippen LogP contribution in [-0.2, 0) is 11.3 Å².